The molecule has 4 rings (SSSR count). The van der Waals surface area contributed by atoms with Gasteiger partial charge in [-0.25, -0.2) is 9.82 Å². The molecule has 2 atom stereocenters. The summed E-state index contributed by atoms with van der Waals surface area (Å²) < 4.78 is 19.2. The number of nitrogens with zero attached hydrogens (tertiary/aromatic N) is 2. The lowest BCUT2D eigenvalue weighted by Gasteiger charge is -2.31. The molecule has 0 spiro atoms. The number of hydrogen-bond acceptors (Lipinski definition) is 4. The first kappa shape index (κ1) is 19.5. The Balaban J connectivity index is 1.39. The molecule has 0 bridgehead atoms. The van der Waals surface area contributed by atoms with Crippen LogP contribution < -0.4 is 10.2 Å². The van der Waals surface area contributed by atoms with Crippen LogP contribution >= 0.6 is 0 Å². The van der Waals surface area contributed by atoms with Crippen LogP contribution in [0.1, 0.15) is 43.4 Å². The minimum atomic E-state index is -0.290. The second kappa shape index (κ2) is 8.66. The molecule has 2 aliphatic heterocycles. The van der Waals surface area contributed by atoms with Gasteiger partial charge in [-0.05, 0) is 48.2 Å². The molecule has 5 nitrogen and oxygen atoms in total. The molecule has 2 unspecified atom stereocenters. The third kappa shape index (κ3) is 4.43. The summed E-state index contributed by atoms with van der Waals surface area (Å²) in [4.78, 5) is 14.6. The van der Waals surface area contributed by atoms with Crippen molar-refractivity contribution in [3.05, 3.63) is 77.9 Å². The van der Waals surface area contributed by atoms with Crippen molar-refractivity contribution in [2.75, 3.05) is 6.61 Å². The van der Waals surface area contributed by atoms with E-state index in [2.05, 4.69) is 24.5 Å². The Hall–Kier alpha value is -2.86. The molecule has 0 aliphatic carbocycles. The van der Waals surface area contributed by atoms with Crippen molar-refractivity contribution in [1.29, 1.82) is 0 Å². The quantitative estimate of drug-likeness (QED) is 0.716. The van der Waals surface area contributed by atoms with Gasteiger partial charge in [-0.15, -0.1) is 0 Å². The number of unbranched alkanes of at least 4 members (excludes halogenated alkanes) is 1. The number of rotatable bonds is 7. The first-order chi connectivity index (χ1) is 14.1. The molecule has 1 fully saturated rings. The average molecular weight is 395 g/mol. The van der Waals surface area contributed by atoms with Gasteiger partial charge in [-0.1, -0.05) is 37.6 Å². The third-order valence-electron chi connectivity index (χ3n) is 5.37. The van der Waals surface area contributed by atoms with Gasteiger partial charge in [0.1, 0.15) is 17.6 Å². The van der Waals surface area contributed by atoms with E-state index in [1.54, 1.807) is 17.2 Å². The van der Waals surface area contributed by atoms with Gasteiger partial charge >= 0.3 is 0 Å². The number of carbonyl (C=O) groups is 1. The smallest absolute Gasteiger partial charge is 0.251 e. The Kier molecular flexibility index (Phi) is 5.81. The molecule has 6 heteroatoms. The summed E-state index contributed by atoms with van der Waals surface area (Å²) in [5.74, 6) is 0.601. The Labute approximate surface area is 170 Å². The molecule has 0 aromatic heterocycles. The Bertz CT molecular complexity index is 884. The minimum Gasteiger partial charge on any atom is -0.494 e. The van der Waals surface area contributed by atoms with Crippen molar-refractivity contribution in [2.24, 2.45) is 0 Å². The first-order valence-corrected chi connectivity index (χ1v) is 10.1. The number of hydrazine groups is 1. The number of halogens is 1. The zero-order chi connectivity index (χ0) is 20.2. The second-order valence-electron chi connectivity index (χ2n) is 7.51. The molecule has 2 aromatic rings. The predicted octanol–water partition coefficient (Wildman–Crippen LogP) is 4.14. The summed E-state index contributed by atoms with van der Waals surface area (Å²) in [7, 11) is 0. The van der Waals surface area contributed by atoms with Gasteiger partial charge in [0.2, 0.25) is 0 Å². The molecule has 0 saturated carbocycles. The van der Waals surface area contributed by atoms with Crippen LogP contribution in [0.4, 0.5) is 4.39 Å². The van der Waals surface area contributed by atoms with Gasteiger partial charge in [0.15, 0.2) is 0 Å². The SMILES string of the molecule is CCCCOc1ccc(C2CC3C(=O)N(Cc4cccc(F)c4)C=CN3N2)cc1. The fraction of sp³-hybridized carbons (Fsp3) is 0.348. The molecule has 0 radical (unpaired) electrons. The summed E-state index contributed by atoms with van der Waals surface area (Å²) in [6.07, 6.45) is 6.47. The van der Waals surface area contributed by atoms with Crippen molar-refractivity contribution < 1.29 is 13.9 Å². The normalized spacial score (nSPS) is 20.8. The molecule has 1 amide bonds. The number of hydrogen-bond donors (Lipinski definition) is 1. The number of nitrogens with one attached hydrogen (secondary N) is 1. The highest BCUT2D eigenvalue weighted by molar-refractivity contribution is 5.84. The van der Waals surface area contributed by atoms with Crippen molar-refractivity contribution in [2.45, 2.75) is 44.8 Å². The van der Waals surface area contributed by atoms with Gasteiger partial charge in [-0.3, -0.25) is 4.79 Å². The monoisotopic (exact) mass is 395 g/mol. The lowest BCUT2D eigenvalue weighted by atomic mass is 10.0. The van der Waals surface area contributed by atoms with E-state index < -0.39 is 0 Å². The molecule has 1 saturated heterocycles. The van der Waals surface area contributed by atoms with Crippen molar-refractivity contribution in [3.8, 4) is 5.75 Å². The molecule has 1 N–H and O–H groups in total. The Morgan fingerprint density at radius 1 is 1.17 bits per heavy atom. The van der Waals surface area contributed by atoms with E-state index in [9.17, 15) is 9.18 Å². The van der Waals surface area contributed by atoms with E-state index in [1.165, 1.54) is 12.1 Å². The highest BCUT2D eigenvalue weighted by Gasteiger charge is 2.39. The molecular weight excluding hydrogens is 369 g/mol. The predicted molar refractivity (Wildman–Crippen MR) is 109 cm³/mol. The van der Waals surface area contributed by atoms with Crippen molar-refractivity contribution in [3.63, 3.8) is 0 Å². The summed E-state index contributed by atoms with van der Waals surface area (Å²) >= 11 is 0. The second-order valence-corrected chi connectivity index (χ2v) is 7.51. The van der Waals surface area contributed by atoms with Crippen LogP contribution in [0.5, 0.6) is 5.75 Å². The van der Waals surface area contributed by atoms with Gasteiger partial charge in [0.25, 0.3) is 5.91 Å². The van der Waals surface area contributed by atoms with E-state index in [0.29, 0.717) is 13.0 Å². The van der Waals surface area contributed by atoms with Crippen LogP contribution in [-0.2, 0) is 11.3 Å². The van der Waals surface area contributed by atoms with Gasteiger partial charge in [0, 0.05) is 12.4 Å². The lowest BCUT2D eigenvalue weighted by molar-refractivity contribution is -0.134. The maximum Gasteiger partial charge on any atom is 0.251 e. The fourth-order valence-corrected chi connectivity index (χ4v) is 3.75. The Morgan fingerprint density at radius 3 is 2.76 bits per heavy atom. The number of benzene rings is 2. The summed E-state index contributed by atoms with van der Waals surface area (Å²) in [6.45, 7) is 3.24. The largest absolute Gasteiger partial charge is 0.494 e. The van der Waals surface area contributed by atoms with Crippen molar-refractivity contribution >= 4 is 5.91 Å². The number of fused-ring (bicyclic) bond motifs is 1. The zero-order valence-electron chi connectivity index (χ0n) is 16.6. The maximum absolute atomic E-state index is 13.4. The van der Waals surface area contributed by atoms with Crippen LogP contribution in [0.15, 0.2) is 60.9 Å². The minimum absolute atomic E-state index is 0.0197. The molecule has 152 valence electrons. The van der Waals surface area contributed by atoms with Crippen LogP contribution in [0, 0.1) is 5.82 Å². The summed E-state index contributed by atoms with van der Waals surface area (Å²) in [5, 5.41) is 1.88. The topological polar surface area (TPSA) is 44.8 Å². The number of carbonyl (C=O) groups excluding carboxylic acids is 1. The van der Waals surface area contributed by atoms with Gasteiger partial charge in [-0.2, -0.15) is 0 Å². The van der Waals surface area contributed by atoms with Crippen LogP contribution in [-0.4, -0.2) is 28.5 Å². The standard InChI is InChI=1S/C23H26FN3O2/c1-2-3-13-29-20-9-7-18(8-10-20)21-15-22-23(28)26(11-12-27(22)25-21)16-17-5-4-6-19(24)14-17/h4-12,14,21-22,25H,2-3,13,15-16H2,1H3. The molecule has 2 aromatic carbocycles. The average Bonchev–Trinajstić information content (AvgIpc) is 3.16. The molecule has 2 heterocycles. The molecule has 29 heavy (non-hydrogen) atoms. The van der Waals surface area contributed by atoms with Gasteiger partial charge in [0.05, 0.1) is 19.2 Å². The molecule has 2 aliphatic rings. The maximum atomic E-state index is 13.4. The van der Waals surface area contributed by atoms with Crippen molar-refractivity contribution in [1.82, 2.24) is 15.3 Å². The van der Waals surface area contributed by atoms with E-state index >= 15 is 0 Å². The molecular formula is C23H26FN3O2. The van der Waals surface area contributed by atoms with E-state index in [4.69, 9.17) is 4.74 Å². The summed E-state index contributed by atoms with van der Waals surface area (Å²) in [6, 6.07) is 14.2. The van der Waals surface area contributed by atoms with Gasteiger partial charge < -0.3 is 14.6 Å². The highest BCUT2D eigenvalue weighted by atomic mass is 19.1. The number of ether oxygens (including phenoxy) is 1. The first-order valence-electron chi connectivity index (χ1n) is 10.1. The number of amides is 1. The van der Waals surface area contributed by atoms with E-state index in [-0.39, 0.29) is 23.8 Å². The lowest BCUT2D eigenvalue weighted by Crippen LogP contribution is -2.47. The van der Waals surface area contributed by atoms with Crippen LogP contribution in [0.2, 0.25) is 0 Å². The van der Waals surface area contributed by atoms with Crippen LogP contribution in [0.3, 0.4) is 0 Å². The van der Waals surface area contributed by atoms with E-state index in [1.807, 2.05) is 29.4 Å². The van der Waals surface area contributed by atoms with E-state index in [0.717, 1.165) is 36.3 Å². The summed E-state index contributed by atoms with van der Waals surface area (Å²) in [5.41, 5.74) is 5.30. The Morgan fingerprint density at radius 2 is 2.00 bits per heavy atom. The highest BCUT2D eigenvalue weighted by Crippen LogP contribution is 2.32. The van der Waals surface area contributed by atoms with Crippen LogP contribution in [0.25, 0.3) is 0 Å². The fourth-order valence-electron chi connectivity index (χ4n) is 3.75. The third-order valence-corrected chi connectivity index (χ3v) is 5.37. The zero-order valence-corrected chi connectivity index (χ0v) is 16.6.